The third-order valence-electron chi connectivity index (χ3n) is 12.7. The lowest BCUT2D eigenvalue weighted by molar-refractivity contribution is -0.135. The number of carbonyl (C=O) groups is 4. The van der Waals surface area contributed by atoms with Gasteiger partial charge in [0.15, 0.2) is 0 Å². The normalized spacial score (nSPS) is 16.5. The molecule has 2 saturated heterocycles. The van der Waals surface area contributed by atoms with Crippen LogP contribution in [0.15, 0.2) is 182 Å². The maximum atomic E-state index is 14.3. The second kappa shape index (κ2) is 20.1. The number of nitrogens with one attached hydrogen (secondary N) is 2. The molecule has 0 unspecified atom stereocenters. The fraction of sp³-hybridized carbons (Fsp3) is 0.179. The van der Waals surface area contributed by atoms with Gasteiger partial charge in [-0.3, -0.25) is 19.2 Å². The summed E-state index contributed by atoms with van der Waals surface area (Å²) in [5.41, 5.74) is 6.75. The summed E-state index contributed by atoms with van der Waals surface area (Å²) in [4.78, 5) is 70.8. The zero-order valence-corrected chi connectivity index (χ0v) is 38.7. The van der Waals surface area contributed by atoms with E-state index in [0.717, 1.165) is 78.8 Å². The van der Waals surface area contributed by atoms with Gasteiger partial charge in [0.1, 0.15) is 22.1 Å². The van der Waals surface area contributed by atoms with Crippen molar-refractivity contribution in [2.24, 2.45) is 0 Å². The highest BCUT2D eigenvalue weighted by Crippen LogP contribution is 2.41. The van der Waals surface area contributed by atoms with Crippen LogP contribution in [0.2, 0.25) is 0 Å². The van der Waals surface area contributed by atoms with Gasteiger partial charge in [0.2, 0.25) is 11.8 Å². The molecule has 8 aromatic rings. The van der Waals surface area contributed by atoms with Gasteiger partial charge in [-0.2, -0.15) is 0 Å². The summed E-state index contributed by atoms with van der Waals surface area (Å²) in [6.45, 7) is 1.18. The van der Waals surface area contributed by atoms with Gasteiger partial charge in [-0.15, -0.1) is 22.7 Å². The maximum absolute atomic E-state index is 14.3. The van der Waals surface area contributed by atoms with Crippen molar-refractivity contribution in [3.05, 3.63) is 215 Å². The number of thiazole rings is 2. The zero-order valence-electron chi connectivity index (χ0n) is 37.1. The van der Waals surface area contributed by atoms with Gasteiger partial charge in [-0.1, -0.05) is 146 Å². The first kappa shape index (κ1) is 44.3. The second-order valence-electron chi connectivity index (χ2n) is 17.0. The predicted molar refractivity (Wildman–Crippen MR) is 268 cm³/mol. The van der Waals surface area contributed by atoms with Crippen molar-refractivity contribution >= 4 is 46.3 Å². The third kappa shape index (κ3) is 9.51. The molecule has 0 bridgehead atoms. The lowest BCUT2D eigenvalue weighted by Gasteiger charge is -2.28. The largest absolute Gasteiger partial charge is 0.336 e. The highest BCUT2D eigenvalue weighted by molar-refractivity contribution is 7.15. The Kier molecular flexibility index (Phi) is 13.1. The summed E-state index contributed by atoms with van der Waals surface area (Å²) < 4.78 is 0. The lowest BCUT2D eigenvalue weighted by atomic mass is 10.0. The Labute approximate surface area is 403 Å². The molecule has 4 atom stereocenters. The summed E-state index contributed by atoms with van der Waals surface area (Å²) in [5.74, 6) is -0.868. The number of hydrogen-bond acceptors (Lipinski definition) is 8. The molecule has 0 spiro atoms. The van der Waals surface area contributed by atoms with Gasteiger partial charge in [-0.05, 0) is 83.3 Å². The van der Waals surface area contributed by atoms with Crippen molar-refractivity contribution in [2.45, 2.75) is 49.9 Å². The number of hydrogen-bond donors (Lipinski definition) is 2. The molecule has 2 aliphatic rings. The van der Waals surface area contributed by atoms with Crippen LogP contribution in [-0.2, 0) is 9.59 Å². The first-order valence-electron chi connectivity index (χ1n) is 22.9. The summed E-state index contributed by atoms with van der Waals surface area (Å²) >= 11 is 3.21. The molecule has 2 fully saturated rings. The van der Waals surface area contributed by atoms with Gasteiger partial charge in [-0.25, -0.2) is 9.97 Å². The van der Waals surface area contributed by atoms with Gasteiger partial charge in [0, 0.05) is 36.6 Å². The van der Waals surface area contributed by atoms with Crippen molar-refractivity contribution in [2.75, 3.05) is 13.1 Å². The van der Waals surface area contributed by atoms with E-state index in [-0.39, 0.29) is 35.7 Å². The first-order valence-corrected chi connectivity index (χ1v) is 24.6. The Morgan fingerprint density at radius 1 is 0.456 bits per heavy atom. The highest BCUT2D eigenvalue weighted by Gasteiger charge is 2.38. The lowest BCUT2D eigenvalue weighted by Crippen LogP contribution is -2.42. The molecule has 2 N–H and O–H groups in total. The molecule has 0 saturated carbocycles. The Morgan fingerprint density at radius 2 is 0.794 bits per heavy atom. The zero-order chi connectivity index (χ0) is 46.4. The number of carbonyl (C=O) groups excluding carboxylic acids is 4. The molecule has 4 amide bonds. The number of likely N-dealkylation sites (tertiary alicyclic amines) is 2. The number of aromatic nitrogens is 2. The quantitative estimate of drug-likeness (QED) is 0.119. The van der Waals surface area contributed by atoms with Crippen molar-refractivity contribution in [1.82, 2.24) is 30.4 Å². The van der Waals surface area contributed by atoms with Crippen molar-refractivity contribution in [3.63, 3.8) is 0 Å². The van der Waals surface area contributed by atoms with Crippen LogP contribution in [0, 0.1) is 0 Å². The summed E-state index contributed by atoms with van der Waals surface area (Å²) in [7, 11) is 0. The van der Waals surface area contributed by atoms with E-state index < -0.39 is 12.1 Å². The molecular weight excluding hydrogens is 885 g/mol. The molecule has 0 radical (unpaired) electrons. The van der Waals surface area contributed by atoms with E-state index in [1.54, 1.807) is 46.9 Å². The first-order chi connectivity index (χ1) is 33.4. The van der Waals surface area contributed by atoms with Crippen LogP contribution in [0.5, 0.6) is 0 Å². The molecule has 2 aromatic heterocycles. The average molecular weight is 933 g/mol. The standard InChI is InChI=1S/C56H48N6O4S2/c63-51(43-19-9-3-10-20-43)59-49(41-15-5-1-6-16-41)55(65)61-33-13-23-45(61)53-57-35-47(67-53)39-29-25-37(26-30-39)38-27-31-40(32-28-38)48-36-58-54(68-48)46-24-14-34-62(46)56(66)50(42-17-7-2-8-18-42)60-52(64)44-21-11-4-12-22-44/h1-12,15-22,25-32,35-36,45-46,49-50H,13-14,23-24,33-34H2,(H,59,63)(H,60,64)/t45-,46-,49+,50+/m0/s1. The highest BCUT2D eigenvalue weighted by atomic mass is 32.1. The third-order valence-corrected chi connectivity index (χ3v) is 15.0. The molecule has 12 heteroatoms. The van der Waals surface area contributed by atoms with E-state index >= 15 is 0 Å². The summed E-state index contributed by atoms with van der Waals surface area (Å²) in [5, 5.41) is 7.81. The van der Waals surface area contributed by atoms with Crippen LogP contribution >= 0.6 is 22.7 Å². The van der Waals surface area contributed by atoms with E-state index in [1.165, 1.54) is 0 Å². The Balaban J connectivity index is 0.800. The average Bonchev–Trinajstić information content (AvgIpc) is 4.26. The van der Waals surface area contributed by atoms with Crippen LogP contribution in [0.4, 0.5) is 0 Å². The second-order valence-corrected chi connectivity index (χ2v) is 19.2. The molecular formula is C56H48N6O4S2. The predicted octanol–water partition coefficient (Wildman–Crippen LogP) is 11.3. The van der Waals surface area contributed by atoms with Crippen LogP contribution in [-0.4, -0.2) is 56.5 Å². The van der Waals surface area contributed by atoms with Crippen LogP contribution < -0.4 is 10.6 Å². The number of benzene rings is 6. The number of nitrogens with zero attached hydrogens (tertiary/aromatic N) is 4. The van der Waals surface area contributed by atoms with Crippen LogP contribution in [0.25, 0.3) is 32.0 Å². The van der Waals surface area contributed by atoms with E-state index in [2.05, 4.69) is 59.2 Å². The molecule has 2 aliphatic heterocycles. The van der Waals surface area contributed by atoms with Crippen LogP contribution in [0.1, 0.15) is 91.7 Å². The van der Waals surface area contributed by atoms with E-state index in [0.29, 0.717) is 24.2 Å². The fourth-order valence-electron chi connectivity index (χ4n) is 9.18. The van der Waals surface area contributed by atoms with Crippen LogP contribution in [0.3, 0.4) is 0 Å². The number of amides is 4. The van der Waals surface area contributed by atoms with Gasteiger partial charge in [0.05, 0.1) is 21.8 Å². The summed E-state index contributed by atoms with van der Waals surface area (Å²) in [6.07, 6.45) is 7.09. The minimum Gasteiger partial charge on any atom is -0.336 e. The van der Waals surface area contributed by atoms with E-state index in [4.69, 9.17) is 9.97 Å². The van der Waals surface area contributed by atoms with Gasteiger partial charge < -0.3 is 20.4 Å². The number of rotatable bonds is 13. The van der Waals surface area contributed by atoms with E-state index in [9.17, 15) is 19.2 Å². The van der Waals surface area contributed by atoms with Crippen molar-refractivity contribution in [3.8, 4) is 32.0 Å². The van der Waals surface area contributed by atoms with E-state index in [1.807, 2.05) is 119 Å². The SMILES string of the molecule is O=C(N[C@@H](C(=O)N1CCC[C@H]1c1ncc(-c2ccc(-c3ccc(-c4cnc([C@@H]5CCCN5C(=O)[C@H](NC(=O)c5ccccc5)c5ccccc5)s4)cc3)cc2)s1)c1ccccc1)c1ccccc1. The van der Waals surface area contributed by atoms with Crippen molar-refractivity contribution < 1.29 is 19.2 Å². The van der Waals surface area contributed by atoms with Crippen molar-refractivity contribution in [1.29, 1.82) is 0 Å². The minimum atomic E-state index is -0.827. The fourth-order valence-corrected chi connectivity index (χ4v) is 11.3. The molecule has 338 valence electrons. The molecule has 6 aromatic carbocycles. The summed E-state index contributed by atoms with van der Waals surface area (Å²) in [6, 6.07) is 51.7. The topological polar surface area (TPSA) is 125 Å². The molecule has 10 rings (SSSR count). The maximum Gasteiger partial charge on any atom is 0.252 e. The Bertz CT molecular complexity index is 2810. The smallest absolute Gasteiger partial charge is 0.252 e. The van der Waals surface area contributed by atoms with Gasteiger partial charge >= 0.3 is 0 Å². The Hall–Kier alpha value is -7.54. The molecule has 0 aliphatic carbocycles. The molecule has 68 heavy (non-hydrogen) atoms. The monoisotopic (exact) mass is 932 g/mol. The minimum absolute atomic E-state index is 0.141. The van der Waals surface area contributed by atoms with Gasteiger partial charge in [0.25, 0.3) is 11.8 Å². The Morgan fingerprint density at radius 3 is 1.16 bits per heavy atom. The molecule has 4 heterocycles. The molecule has 10 nitrogen and oxygen atoms in total.